The molecule has 0 aliphatic heterocycles. The molecule has 108 valence electrons. The standard InChI is InChI=1S/C16H19N5/c1-2-10-17-11-16-18-19-20-21(16)12-14-8-5-7-13-6-3-4-9-15(13)14/h3-9,17H,2,10-12H2,1H3. The van der Waals surface area contributed by atoms with Gasteiger partial charge in [0.2, 0.25) is 0 Å². The molecule has 0 saturated carbocycles. The molecule has 3 aromatic rings. The summed E-state index contributed by atoms with van der Waals surface area (Å²) in [7, 11) is 0. The summed E-state index contributed by atoms with van der Waals surface area (Å²) in [5.74, 6) is 0.872. The molecular weight excluding hydrogens is 262 g/mol. The normalized spacial score (nSPS) is 11.1. The summed E-state index contributed by atoms with van der Waals surface area (Å²) in [6.07, 6.45) is 1.10. The molecule has 0 saturated heterocycles. The first kappa shape index (κ1) is 13.7. The van der Waals surface area contributed by atoms with Crippen molar-refractivity contribution in [2.45, 2.75) is 26.4 Å². The van der Waals surface area contributed by atoms with Crippen LogP contribution in [0.5, 0.6) is 0 Å². The Kier molecular flexibility index (Phi) is 4.21. The third-order valence-electron chi connectivity index (χ3n) is 3.52. The van der Waals surface area contributed by atoms with Crippen molar-refractivity contribution in [2.24, 2.45) is 0 Å². The van der Waals surface area contributed by atoms with E-state index < -0.39 is 0 Å². The van der Waals surface area contributed by atoms with Gasteiger partial charge in [0, 0.05) is 0 Å². The van der Waals surface area contributed by atoms with Crippen LogP contribution < -0.4 is 5.32 Å². The maximum atomic E-state index is 4.11. The van der Waals surface area contributed by atoms with Gasteiger partial charge >= 0.3 is 0 Å². The van der Waals surface area contributed by atoms with E-state index in [-0.39, 0.29) is 0 Å². The summed E-state index contributed by atoms with van der Waals surface area (Å²) < 4.78 is 1.87. The second-order valence-corrected chi connectivity index (χ2v) is 5.07. The Morgan fingerprint density at radius 3 is 2.86 bits per heavy atom. The minimum atomic E-state index is 0.692. The van der Waals surface area contributed by atoms with Crippen molar-refractivity contribution in [2.75, 3.05) is 6.54 Å². The van der Waals surface area contributed by atoms with Crippen LogP contribution in [-0.4, -0.2) is 26.8 Å². The first-order valence-electron chi connectivity index (χ1n) is 7.31. The zero-order valence-corrected chi connectivity index (χ0v) is 12.2. The predicted octanol–water partition coefficient (Wildman–Crippen LogP) is 2.37. The van der Waals surface area contributed by atoms with Gasteiger partial charge in [0.1, 0.15) is 0 Å². The highest BCUT2D eigenvalue weighted by atomic mass is 15.5. The van der Waals surface area contributed by atoms with E-state index in [2.05, 4.69) is 70.2 Å². The smallest absolute Gasteiger partial charge is 0.165 e. The zero-order chi connectivity index (χ0) is 14.5. The Labute approximate surface area is 124 Å². The first-order valence-corrected chi connectivity index (χ1v) is 7.31. The van der Waals surface area contributed by atoms with E-state index in [1.165, 1.54) is 16.3 Å². The Balaban J connectivity index is 1.84. The monoisotopic (exact) mass is 281 g/mol. The molecule has 1 N–H and O–H groups in total. The molecule has 0 aliphatic rings. The fraction of sp³-hybridized carbons (Fsp3) is 0.312. The van der Waals surface area contributed by atoms with E-state index in [0.29, 0.717) is 13.1 Å². The molecule has 0 radical (unpaired) electrons. The Morgan fingerprint density at radius 1 is 1.10 bits per heavy atom. The second-order valence-electron chi connectivity index (χ2n) is 5.07. The summed E-state index contributed by atoms with van der Waals surface area (Å²) in [6, 6.07) is 14.7. The number of benzene rings is 2. The predicted molar refractivity (Wildman–Crippen MR) is 82.9 cm³/mol. The van der Waals surface area contributed by atoms with Gasteiger partial charge in [-0.2, -0.15) is 0 Å². The van der Waals surface area contributed by atoms with E-state index in [0.717, 1.165) is 18.8 Å². The van der Waals surface area contributed by atoms with E-state index >= 15 is 0 Å². The minimum absolute atomic E-state index is 0.692. The van der Waals surface area contributed by atoms with Gasteiger partial charge in [0.25, 0.3) is 0 Å². The summed E-state index contributed by atoms with van der Waals surface area (Å²) in [6.45, 7) is 4.51. The van der Waals surface area contributed by atoms with Gasteiger partial charge in [-0.1, -0.05) is 49.4 Å². The lowest BCUT2D eigenvalue weighted by molar-refractivity contribution is 0.578. The quantitative estimate of drug-likeness (QED) is 0.705. The number of tetrazole rings is 1. The molecule has 0 atom stereocenters. The molecule has 0 bridgehead atoms. The molecule has 3 rings (SSSR count). The third-order valence-corrected chi connectivity index (χ3v) is 3.52. The molecule has 2 aromatic carbocycles. The van der Waals surface area contributed by atoms with Gasteiger partial charge in [-0.3, -0.25) is 0 Å². The van der Waals surface area contributed by atoms with E-state index in [9.17, 15) is 0 Å². The van der Waals surface area contributed by atoms with Gasteiger partial charge in [-0.25, -0.2) is 4.68 Å². The van der Waals surface area contributed by atoms with Crippen LogP contribution in [0.15, 0.2) is 42.5 Å². The molecule has 1 heterocycles. The molecule has 0 unspecified atom stereocenters. The van der Waals surface area contributed by atoms with E-state index in [4.69, 9.17) is 0 Å². The Bertz CT molecular complexity index is 714. The second kappa shape index (κ2) is 6.45. The van der Waals surface area contributed by atoms with Crippen molar-refractivity contribution in [3.63, 3.8) is 0 Å². The summed E-state index contributed by atoms with van der Waals surface area (Å²) >= 11 is 0. The maximum Gasteiger partial charge on any atom is 0.165 e. The average molecular weight is 281 g/mol. The summed E-state index contributed by atoms with van der Waals surface area (Å²) in [5, 5.41) is 17.9. The fourth-order valence-corrected chi connectivity index (χ4v) is 2.44. The average Bonchev–Trinajstić information content (AvgIpc) is 2.95. The number of hydrogen-bond acceptors (Lipinski definition) is 4. The molecule has 0 fully saturated rings. The number of fused-ring (bicyclic) bond motifs is 1. The lowest BCUT2D eigenvalue weighted by Crippen LogP contribution is -2.18. The van der Waals surface area contributed by atoms with Gasteiger partial charge in [-0.15, -0.1) is 5.10 Å². The number of rotatable bonds is 6. The van der Waals surface area contributed by atoms with Crippen LogP contribution in [0.1, 0.15) is 24.7 Å². The largest absolute Gasteiger partial charge is 0.310 e. The van der Waals surface area contributed by atoms with Crippen molar-refractivity contribution >= 4 is 10.8 Å². The number of aromatic nitrogens is 4. The molecule has 21 heavy (non-hydrogen) atoms. The summed E-state index contributed by atoms with van der Waals surface area (Å²) in [5.41, 5.74) is 1.23. The topological polar surface area (TPSA) is 55.6 Å². The lowest BCUT2D eigenvalue weighted by atomic mass is 10.0. The molecular formula is C16H19N5. The summed E-state index contributed by atoms with van der Waals surface area (Å²) in [4.78, 5) is 0. The van der Waals surface area contributed by atoms with Gasteiger partial charge < -0.3 is 5.32 Å². The SMILES string of the molecule is CCCNCc1nnnn1Cc1cccc2ccccc12. The van der Waals surface area contributed by atoms with Crippen LogP contribution in [0, 0.1) is 0 Å². The van der Waals surface area contributed by atoms with Crippen molar-refractivity contribution < 1.29 is 0 Å². The van der Waals surface area contributed by atoms with Gasteiger partial charge in [-0.05, 0) is 39.7 Å². The molecule has 0 spiro atoms. The first-order chi connectivity index (χ1) is 10.4. The van der Waals surface area contributed by atoms with Gasteiger partial charge in [0.15, 0.2) is 5.82 Å². The maximum absolute atomic E-state index is 4.11. The van der Waals surface area contributed by atoms with Crippen LogP contribution >= 0.6 is 0 Å². The minimum Gasteiger partial charge on any atom is -0.310 e. The van der Waals surface area contributed by atoms with Gasteiger partial charge in [0.05, 0.1) is 13.1 Å². The molecule has 0 aliphatic carbocycles. The van der Waals surface area contributed by atoms with Crippen molar-refractivity contribution in [1.82, 2.24) is 25.5 Å². The number of nitrogens with one attached hydrogen (secondary N) is 1. The highest BCUT2D eigenvalue weighted by Crippen LogP contribution is 2.19. The molecule has 0 amide bonds. The fourth-order valence-electron chi connectivity index (χ4n) is 2.44. The zero-order valence-electron chi connectivity index (χ0n) is 12.2. The van der Waals surface area contributed by atoms with Crippen LogP contribution in [0.2, 0.25) is 0 Å². The molecule has 5 nitrogen and oxygen atoms in total. The molecule has 5 heteroatoms. The van der Waals surface area contributed by atoms with Crippen LogP contribution in [0.3, 0.4) is 0 Å². The van der Waals surface area contributed by atoms with Crippen LogP contribution in [-0.2, 0) is 13.1 Å². The van der Waals surface area contributed by atoms with Crippen molar-refractivity contribution in [1.29, 1.82) is 0 Å². The van der Waals surface area contributed by atoms with E-state index in [1.807, 2.05) is 4.68 Å². The van der Waals surface area contributed by atoms with Crippen molar-refractivity contribution in [3.05, 3.63) is 53.9 Å². The van der Waals surface area contributed by atoms with Crippen LogP contribution in [0.25, 0.3) is 10.8 Å². The van der Waals surface area contributed by atoms with E-state index in [1.54, 1.807) is 0 Å². The Hall–Kier alpha value is -2.27. The number of nitrogens with zero attached hydrogens (tertiary/aromatic N) is 4. The highest BCUT2D eigenvalue weighted by Gasteiger charge is 2.08. The third kappa shape index (κ3) is 3.08. The molecule has 1 aromatic heterocycles. The lowest BCUT2D eigenvalue weighted by Gasteiger charge is -2.08. The van der Waals surface area contributed by atoms with Crippen molar-refractivity contribution in [3.8, 4) is 0 Å². The van der Waals surface area contributed by atoms with Crippen LogP contribution in [0.4, 0.5) is 0 Å². The number of hydrogen-bond donors (Lipinski definition) is 1. The highest BCUT2D eigenvalue weighted by molar-refractivity contribution is 5.85. The Morgan fingerprint density at radius 2 is 1.95 bits per heavy atom.